The van der Waals surface area contributed by atoms with E-state index in [1.807, 2.05) is 6.92 Å². The Balaban J connectivity index is 2.15. The van der Waals surface area contributed by atoms with Crippen molar-refractivity contribution >= 4 is 17.3 Å². The third-order valence-electron chi connectivity index (χ3n) is 3.80. The molecule has 2 rings (SSSR count). The van der Waals surface area contributed by atoms with E-state index < -0.39 is 5.97 Å². The number of carbonyl (C=O) groups is 1. The fourth-order valence-electron chi connectivity index (χ4n) is 2.81. The summed E-state index contributed by atoms with van der Waals surface area (Å²) >= 11 is 1.50. The molecule has 0 radical (unpaired) electrons. The lowest BCUT2D eigenvalue weighted by Gasteiger charge is -2.27. The largest absolute Gasteiger partial charge is 0.481 e. The molecule has 1 aliphatic carbocycles. The van der Waals surface area contributed by atoms with Gasteiger partial charge in [-0.1, -0.05) is 19.3 Å². The van der Waals surface area contributed by atoms with E-state index in [4.69, 9.17) is 9.84 Å². The first-order valence-corrected chi connectivity index (χ1v) is 7.64. The number of aryl methyl sites for hydroxylation is 1. The highest BCUT2D eigenvalue weighted by Crippen LogP contribution is 2.38. The lowest BCUT2D eigenvalue weighted by molar-refractivity contribution is -0.136. The number of hydrogen-bond donors (Lipinski definition) is 1. The van der Waals surface area contributed by atoms with Crippen LogP contribution in [0.1, 0.15) is 53.8 Å². The molecule has 0 aliphatic heterocycles. The average molecular weight is 283 g/mol. The number of aromatic nitrogens is 1. The first-order chi connectivity index (χ1) is 9.11. The Morgan fingerprint density at radius 2 is 2.16 bits per heavy atom. The third-order valence-corrected chi connectivity index (χ3v) is 5.02. The van der Waals surface area contributed by atoms with Crippen molar-refractivity contribution in [2.24, 2.45) is 5.92 Å². The SMILES string of the molecule is COC(c1nc(C)c(CC(=O)O)s1)C1CCCCC1. The number of hydrogen-bond acceptors (Lipinski definition) is 4. The van der Waals surface area contributed by atoms with Crippen LogP contribution in [0.15, 0.2) is 0 Å². The lowest BCUT2D eigenvalue weighted by atomic mass is 9.85. The molecule has 1 aromatic heterocycles. The van der Waals surface area contributed by atoms with Crippen molar-refractivity contribution in [1.29, 1.82) is 0 Å². The molecule has 5 heteroatoms. The molecule has 0 amide bonds. The summed E-state index contributed by atoms with van der Waals surface area (Å²) in [5.41, 5.74) is 0.834. The normalized spacial score (nSPS) is 18.4. The lowest BCUT2D eigenvalue weighted by Crippen LogP contribution is -2.17. The first-order valence-electron chi connectivity index (χ1n) is 6.82. The van der Waals surface area contributed by atoms with E-state index >= 15 is 0 Å². The maximum absolute atomic E-state index is 10.8. The van der Waals surface area contributed by atoms with Crippen LogP contribution in [0, 0.1) is 12.8 Å². The molecule has 106 valence electrons. The van der Waals surface area contributed by atoms with Crippen LogP contribution < -0.4 is 0 Å². The summed E-state index contributed by atoms with van der Waals surface area (Å²) < 4.78 is 5.65. The topological polar surface area (TPSA) is 59.4 Å². The minimum atomic E-state index is -0.801. The molecule has 1 aliphatic rings. The average Bonchev–Trinajstić information content (AvgIpc) is 2.72. The molecular formula is C14H21NO3S. The van der Waals surface area contributed by atoms with Crippen molar-refractivity contribution in [1.82, 2.24) is 4.98 Å². The molecular weight excluding hydrogens is 262 g/mol. The van der Waals surface area contributed by atoms with E-state index in [-0.39, 0.29) is 12.5 Å². The number of aliphatic carboxylic acids is 1. The third kappa shape index (κ3) is 3.54. The number of methoxy groups -OCH3 is 1. The van der Waals surface area contributed by atoms with E-state index in [2.05, 4.69) is 4.98 Å². The zero-order valence-electron chi connectivity index (χ0n) is 11.5. The van der Waals surface area contributed by atoms with Gasteiger partial charge in [0, 0.05) is 12.0 Å². The van der Waals surface area contributed by atoms with Crippen LogP contribution >= 0.6 is 11.3 Å². The summed E-state index contributed by atoms with van der Waals surface area (Å²) in [6.45, 7) is 1.88. The van der Waals surface area contributed by atoms with Crippen LogP contribution in [0.4, 0.5) is 0 Å². The minimum Gasteiger partial charge on any atom is -0.481 e. The van der Waals surface area contributed by atoms with Crippen molar-refractivity contribution < 1.29 is 14.6 Å². The van der Waals surface area contributed by atoms with Gasteiger partial charge in [0.25, 0.3) is 0 Å². The second kappa shape index (κ2) is 6.48. The van der Waals surface area contributed by atoms with Crippen LogP contribution in [0.5, 0.6) is 0 Å². The predicted molar refractivity (Wildman–Crippen MR) is 74.5 cm³/mol. The zero-order chi connectivity index (χ0) is 13.8. The van der Waals surface area contributed by atoms with Gasteiger partial charge in [0.1, 0.15) is 11.1 Å². The van der Waals surface area contributed by atoms with Crippen molar-refractivity contribution in [3.63, 3.8) is 0 Å². The second-order valence-electron chi connectivity index (χ2n) is 5.19. The molecule has 0 saturated heterocycles. The summed E-state index contributed by atoms with van der Waals surface area (Å²) in [6, 6.07) is 0. The van der Waals surface area contributed by atoms with Crippen molar-refractivity contribution in [2.75, 3.05) is 7.11 Å². The standard InChI is InChI=1S/C14H21NO3S/c1-9-11(8-12(16)17)19-14(15-9)13(18-2)10-6-4-3-5-7-10/h10,13H,3-8H2,1-2H3,(H,16,17). The van der Waals surface area contributed by atoms with Crippen LogP contribution in [0.25, 0.3) is 0 Å². The molecule has 1 atom stereocenters. The van der Waals surface area contributed by atoms with Gasteiger partial charge in [0.05, 0.1) is 12.1 Å². The molecule has 4 nitrogen and oxygen atoms in total. The van der Waals surface area contributed by atoms with E-state index in [1.165, 1.54) is 43.4 Å². The van der Waals surface area contributed by atoms with Crippen molar-refractivity contribution in [3.05, 3.63) is 15.6 Å². The highest BCUT2D eigenvalue weighted by atomic mass is 32.1. The molecule has 1 N–H and O–H groups in total. The second-order valence-corrected chi connectivity index (χ2v) is 6.30. The number of nitrogens with zero attached hydrogens (tertiary/aromatic N) is 1. The van der Waals surface area contributed by atoms with Gasteiger partial charge in [-0.2, -0.15) is 0 Å². The summed E-state index contributed by atoms with van der Waals surface area (Å²) in [4.78, 5) is 16.2. The van der Waals surface area contributed by atoms with Gasteiger partial charge in [-0.25, -0.2) is 4.98 Å². The molecule has 1 aromatic rings. The first kappa shape index (κ1) is 14.5. The number of thiazole rings is 1. The minimum absolute atomic E-state index is 0.0338. The van der Waals surface area contributed by atoms with Crippen LogP contribution in [0.2, 0.25) is 0 Å². The Bertz CT molecular complexity index is 438. The Hall–Kier alpha value is -0.940. The van der Waals surface area contributed by atoms with E-state index in [1.54, 1.807) is 7.11 Å². The van der Waals surface area contributed by atoms with Gasteiger partial charge in [0.2, 0.25) is 0 Å². The van der Waals surface area contributed by atoms with Gasteiger partial charge in [-0.15, -0.1) is 11.3 Å². The Kier molecular flexibility index (Phi) is 4.93. The highest BCUT2D eigenvalue weighted by molar-refractivity contribution is 7.11. The van der Waals surface area contributed by atoms with Crippen molar-refractivity contribution in [2.45, 2.75) is 51.6 Å². The number of rotatable bonds is 5. The Morgan fingerprint density at radius 1 is 1.47 bits per heavy atom. The van der Waals surface area contributed by atoms with Crippen molar-refractivity contribution in [3.8, 4) is 0 Å². The van der Waals surface area contributed by atoms with Gasteiger partial charge >= 0.3 is 5.97 Å². The van der Waals surface area contributed by atoms with Crippen LogP contribution in [-0.4, -0.2) is 23.2 Å². The predicted octanol–water partition coefficient (Wildman–Crippen LogP) is 3.35. The smallest absolute Gasteiger partial charge is 0.308 e. The highest BCUT2D eigenvalue weighted by Gasteiger charge is 2.28. The van der Waals surface area contributed by atoms with E-state index in [0.29, 0.717) is 5.92 Å². The molecule has 0 bridgehead atoms. The monoisotopic (exact) mass is 283 g/mol. The molecule has 1 unspecified atom stereocenters. The number of carboxylic acids is 1. The maximum atomic E-state index is 10.8. The summed E-state index contributed by atoms with van der Waals surface area (Å²) in [6.07, 6.45) is 6.30. The molecule has 0 aromatic carbocycles. The Labute approximate surface area is 117 Å². The molecule has 1 fully saturated rings. The van der Waals surface area contributed by atoms with Crippen LogP contribution in [0.3, 0.4) is 0 Å². The van der Waals surface area contributed by atoms with Gasteiger partial charge < -0.3 is 9.84 Å². The number of carboxylic acid groups (broad SMARTS) is 1. The fraction of sp³-hybridized carbons (Fsp3) is 0.714. The summed E-state index contributed by atoms with van der Waals surface area (Å²) in [7, 11) is 1.73. The zero-order valence-corrected chi connectivity index (χ0v) is 12.3. The van der Waals surface area contributed by atoms with Gasteiger partial charge in [-0.3, -0.25) is 4.79 Å². The van der Waals surface area contributed by atoms with E-state index in [9.17, 15) is 4.79 Å². The Morgan fingerprint density at radius 3 is 2.74 bits per heavy atom. The summed E-state index contributed by atoms with van der Waals surface area (Å²) in [5.74, 6) is -0.271. The van der Waals surface area contributed by atoms with E-state index in [0.717, 1.165) is 15.6 Å². The molecule has 1 saturated carbocycles. The maximum Gasteiger partial charge on any atom is 0.308 e. The summed E-state index contributed by atoms with van der Waals surface area (Å²) in [5, 5.41) is 9.84. The quantitative estimate of drug-likeness (QED) is 0.900. The van der Waals surface area contributed by atoms with Gasteiger partial charge in [0.15, 0.2) is 0 Å². The molecule has 1 heterocycles. The van der Waals surface area contributed by atoms with Crippen LogP contribution in [-0.2, 0) is 16.0 Å². The molecule has 19 heavy (non-hydrogen) atoms. The molecule has 0 spiro atoms. The fourth-order valence-corrected chi connectivity index (χ4v) is 4.03. The van der Waals surface area contributed by atoms with Gasteiger partial charge in [-0.05, 0) is 25.7 Å². The number of ether oxygens (including phenoxy) is 1.